The van der Waals surface area contributed by atoms with E-state index < -0.39 is 10.0 Å². The number of sulfonamides is 1. The lowest BCUT2D eigenvalue weighted by Crippen LogP contribution is -2.47. The highest BCUT2D eigenvalue weighted by Gasteiger charge is 2.34. The van der Waals surface area contributed by atoms with Gasteiger partial charge in [0.15, 0.2) is 0 Å². The molecule has 0 aliphatic heterocycles. The second-order valence-electron chi connectivity index (χ2n) is 6.65. The van der Waals surface area contributed by atoms with Crippen molar-refractivity contribution in [2.75, 3.05) is 19.3 Å². The maximum Gasteiger partial charge on any atom is 0.214 e. The van der Waals surface area contributed by atoms with E-state index in [1.165, 1.54) is 25.7 Å². The van der Waals surface area contributed by atoms with Gasteiger partial charge in [-0.25, -0.2) is 12.7 Å². The molecule has 2 N–H and O–H groups in total. The Morgan fingerprint density at radius 1 is 1.00 bits per heavy atom. The lowest BCUT2D eigenvalue weighted by molar-refractivity contribution is 0.203. The molecule has 0 saturated heterocycles. The van der Waals surface area contributed by atoms with Crippen molar-refractivity contribution < 1.29 is 8.42 Å². The van der Waals surface area contributed by atoms with Crippen LogP contribution in [0.2, 0.25) is 0 Å². The fourth-order valence-corrected chi connectivity index (χ4v) is 5.77. The first-order valence-corrected chi connectivity index (χ1v) is 9.81. The summed E-state index contributed by atoms with van der Waals surface area (Å²) in [7, 11) is -1.35. The molecule has 2 aliphatic rings. The van der Waals surface area contributed by atoms with E-state index in [0.717, 1.165) is 32.1 Å². The van der Waals surface area contributed by atoms with Crippen LogP contribution in [0.3, 0.4) is 0 Å². The van der Waals surface area contributed by atoms with E-state index in [-0.39, 0.29) is 6.04 Å². The first kappa shape index (κ1) is 16.2. The van der Waals surface area contributed by atoms with Gasteiger partial charge in [0.1, 0.15) is 0 Å². The van der Waals surface area contributed by atoms with Gasteiger partial charge in [0.25, 0.3) is 0 Å². The summed E-state index contributed by atoms with van der Waals surface area (Å²) in [5.41, 5.74) is 5.84. The third kappa shape index (κ3) is 3.95. The zero-order chi connectivity index (χ0) is 14.6. The van der Waals surface area contributed by atoms with Gasteiger partial charge in [0.2, 0.25) is 10.0 Å². The van der Waals surface area contributed by atoms with Crippen molar-refractivity contribution in [1.82, 2.24) is 4.31 Å². The van der Waals surface area contributed by atoms with Crippen LogP contribution in [0.5, 0.6) is 0 Å². The van der Waals surface area contributed by atoms with Crippen molar-refractivity contribution in [3.05, 3.63) is 0 Å². The van der Waals surface area contributed by atoms with E-state index in [0.29, 0.717) is 24.1 Å². The summed E-state index contributed by atoms with van der Waals surface area (Å²) < 4.78 is 27.0. The summed E-state index contributed by atoms with van der Waals surface area (Å²) in [5, 5.41) is 0. The van der Waals surface area contributed by atoms with Gasteiger partial charge in [-0.3, -0.25) is 0 Å². The highest BCUT2D eigenvalue weighted by molar-refractivity contribution is 7.89. The minimum absolute atomic E-state index is 0.127. The van der Waals surface area contributed by atoms with Crippen LogP contribution in [0.4, 0.5) is 0 Å². The Hall–Kier alpha value is -0.130. The molecule has 20 heavy (non-hydrogen) atoms. The molecule has 2 unspecified atom stereocenters. The molecule has 2 atom stereocenters. The molecule has 2 saturated carbocycles. The van der Waals surface area contributed by atoms with Crippen molar-refractivity contribution in [1.29, 1.82) is 0 Å². The molecule has 0 spiro atoms. The predicted octanol–water partition coefficient (Wildman–Crippen LogP) is 2.35. The summed E-state index contributed by atoms with van der Waals surface area (Å²) in [6.07, 6.45) is 10.2. The van der Waals surface area contributed by atoms with E-state index in [9.17, 15) is 8.42 Å². The summed E-state index contributed by atoms with van der Waals surface area (Å²) >= 11 is 0. The fraction of sp³-hybridized carbons (Fsp3) is 1.00. The smallest absolute Gasteiger partial charge is 0.214 e. The topological polar surface area (TPSA) is 63.4 Å². The van der Waals surface area contributed by atoms with Crippen LogP contribution in [0.15, 0.2) is 0 Å². The van der Waals surface area contributed by atoms with Crippen LogP contribution in [-0.2, 0) is 10.0 Å². The van der Waals surface area contributed by atoms with Crippen molar-refractivity contribution >= 4 is 10.0 Å². The standard InChI is InChI=1S/C15H30N2O2S/c1-17(15-10-6-5-9-14(15)11-16)20(18,19)12-13-7-3-2-4-8-13/h13-15H,2-12,16H2,1H3. The van der Waals surface area contributed by atoms with E-state index >= 15 is 0 Å². The summed E-state index contributed by atoms with van der Waals surface area (Å²) in [6.45, 7) is 0.605. The molecule has 0 heterocycles. The Labute approximate surface area is 124 Å². The average Bonchev–Trinajstić information content (AvgIpc) is 2.47. The normalized spacial score (nSPS) is 29.8. The lowest BCUT2D eigenvalue weighted by atomic mass is 9.85. The second-order valence-corrected chi connectivity index (χ2v) is 8.72. The molecule has 2 aliphatic carbocycles. The summed E-state index contributed by atoms with van der Waals surface area (Å²) in [4.78, 5) is 0. The Balaban J connectivity index is 1.99. The Kier molecular flexibility index (Phi) is 5.87. The van der Waals surface area contributed by atoms with Crippen LogP contribution < -0.4 is 5.73 Å². The SMILES string of the molecule is CN(C1CCCCC1CN)S(=O)(=O)CC1CCCCC1. The molecule has 0 aromatic carbocycles. The molecule has 5 heteroatoms. The summed E-state index contributed by atoms with van der Waals surface area (Å²) in [6, 6.07) is 0.127. The minimum atomic E-state index is -3.12. The molecule has 0 bridgehead atoms. The quantitative estimate of drug-likeness (QED) is 0.848. The Bertz CT molecular complexity index is 391. The maximum atomic E-state index is 12.6. The molecular formula is C15H30N2O2S. The minimum Gasteiger partial charge on any atom is -0.330 e. The van der Waals surface area contributed by atoms with Gasteiger partial charge >= 0.3 is 0 Å². The third-order valence-electron chi connectivity index (χ3n) is 5.25. The van der Waals surface area contributed by atoms with Gasteiger partial charge in [-0.05, 0) is 44.1 Å². The van der Waals surface area contributed by atoms with Crippen LogP contribution >= 0.6 is 0 Å². The molecule has 0 aromatic heterocycles. The average molecular weight is 302 g/mol. The number of rotatable bonds is 5. The number of hydrogen-bond donors (Lipinski definition) is 1. The van der Waals surface area contributed by atoms with Crippen molar-refractivity contribution in [2.24, 2.45) is 17.6 Å². The maximum absolute atomic E-state index is 12.6. The number of nitrogens with zero attached hydrogens (tertiary/aromatic N) is 1. The van der Waals surface area contributed by atoms with Crippen LogP contribution in [0, 0.1) is 11.8 Å². The fourth-order valence-electron chi connectivity index (χ4n) is 3.92. The molecular weight excluding hydrogens is 272 g/mol. The predicted molar refractivity (Wildman–Crippen MR) is 82.9 cm³/mol. The van der Waals surface area contributed by atoms with Gasteiger partial charge in [-0.2, -0.15) is 0 Å². The van der Waals surface area contributed by atoms with Crippen LogP contribution in [0.1, 0.15) is 57.8 Å². The first-order valence-electron chi connectivity index (χ1n) is 8.20. The van der Waals surface area contributed by atoms with Crippen molar-refractivity contribution in [3.8, 4) is 0 Å². The monoisotopic (exact) mass is 302 g/mol. The number of nitrogens with two attached hydrogens (primary N) is 1. The largest absolute Gasteiger partial charge is 0.330 e. The molecule has 4 nitrogen and oxygen atoms in total. The van der Waals surface area contributed by atoms with E-state index in [1.54, 1.807) is 11.4 Å². The molecule has 118 valence electrons. The summed E-state index contributed by atoms with van der Waals surface area (Å²) in [5.74, 6) is 1.06. The highest BCUT2D eigenvalue weighted by Crippen LogP contribution is 2.31. The Morgan fingerprint density at radius 3 is 2.25 bits per heavy atom. The second kappa shape index (κ2) is 7.23. The molecule has 0 aromatic rings. The number of hydrogen-bond acceptors (Lipinski definition) is 3. The van der Waals surface area contributed by atoms with Crippen molar-refractivity contribution in [2.45, 2.75) is 63.8 Å². The van der Waals surface area contributed by atoms with Gasteiger partial charge in [-0.1, -0.05) is 32.1 Å². The van der Waals surface area contributed by atoms with Gasteiger partial charge < -0.3 is 5.73 Å². The van der Waals surface area contributed by atoms with Crippen LogP contribution in [0.25, 0.3) is 0 Å². The highest BCUT2D eigenvalue weighted by atomic mass is 32.2. The van der Waals surface area contributed by atoms with Gasteiger partial charge in [0.05, 0.1) is 5.75 Å². The van der Waals surface area contributed by atoms with Crippen LogP contribution in [-0.4, -0.2) is 38.1 Å². The zero-order valence-corrected chi connectivity index (χ0v) is 13.6. The van der Waals surface area contributed by atoms with Crippen molar-refractivity contribution in [3.63, 3.8) is 0 Å². The van der Waals surface area contributed by atoms with E-state index in [2.05, 4.69) is 0 Å². The molecule has 0 radical (unpaired) electrons. The Morgan fingerprint density at radius 2 is 1.60 bits per heavy atom. The first-order chi connectivity index (χ1) is 9.54. The van der Waals surface area contributed by atoms with E-state index in [1.807, 2.05) is 0 Å². The third-order valence-corrected chi connectivity index (χ3v) is 7.29. The lowest BCUT2D eigenvalue weighted by Gasteiger charge is -2.37. The molecule has 2 fully saturated rings. The van der Waals surface area contributed by atoms with Gasteiger partial charge in [0, 0.05) is 13.1 Å². The van der Waals surface area contributed by atoms with Gasteiger partial charge in [-0.15, -0.1) is 0 Å². The van der Waals surface area contributed by atoms with E-state index in [4.69, 9.17) is 5.73 Å². The molecule has 0 amide bonds. The zero-order valence-electron chi connectivity index (χ0n) is 12.8. The molecule has 2 rings (SSSR count).